The van der Waals surface area contributed by atoms with Crippen LogP contribution in [0.25, 0.3) is 0 Å². The number of rotatable bonds is 7. The molecule has 0 saturated carbocycles. The molecule has 0 fully saturated rings. The van der Waals surface area contributed by atoms with Crippen LogP contribution in [0.1, 0.15) is 34.8 Å². The van der Waals surface area contributed by atoms with E-state index < -0.39 is 0 Å². The largest absolute Gasteiger partial charge is 0.494 e. The van der Waals surface area contributed by atoms with E-state index in [9.17, 15) is 4.79 Å². The van der Waals surface area contributed by atoms with Gasteiger partial charge < -0.3 is 10.1 Å². The lowest BCUT2D eigenvalue weighted by molar-refractivity contribution is 0.0953. The van der Waals surface area contributed by atoms with E-state index in [1.54, 1.807) is 0 Å². The molecule has 0 atom stereocenters. The summed E-state index contributed by atoms with van der Waals surface area (Å²) in [6.07, 6.45) is 1.91. The van der Waals surface area contributed by atoms with Gasteiger partial charge in [-0.15, -0.1) is 0 Å². The molecule has 0 saturated heterocycles. The standard InChI is InChI=1S/C19H23NO2/c1-3-22-18-12-11-17(14-15(18)2)19(21)20-13-7-10-16-8-5-4-6-9-16/h4-6,8-9,11-12,14H,3,7,10,13H2,1-2H3,(H,20,21). The molecule has 0 spiro atoms. The molecule has 2 aromatic carbocycles. The molecule has 22 heavy (non-hydrogen) atoms. The van der Waals surface area contributed by atoms with Crippen LogP contribution >= 0.6 is 0 Å². The van der Waals surface area contributed by atoms with Crippen molar-refractivity contribution in [2.24, 2.45) is 0 Å². The number of benzene rings is 2. The maximum absolute atomic E-state index is 12.1. The van der Waals surface area contributed by atoms with E-state index in [0.29, 0.717) is 18.7 Å². The molecule has 2 rings (SSSR count). The molecule has 3 nitrogen and oxygen atoms in total. The van der Waals surface area contributed by atoms with Crippen molar-refractivity contribution in [3.8, 4) is 5.75 Å². The van der Waals surface area contributed by atoms with E-state index >= 15 is 0 Å². The Morgan fingerprint density at radius 2 is 1.91 bits per heavy atom. The first-order valence-corrected chi connectivity index (χ1v) is 7.76. The second kappa shape index (κ2) is 8.23. The van der Waals surface area contributed by atoms with Gasteiger partial charge >= 0.3 is 0 Å². The Kier molecular flexibility index (Phi) is 6.01. The fourth-order valence-corrected chi connectivity index (χ4v) is 2.35. The Bertz CT molecular complexity index is 608. The Labute approximate surface area is 132 Å². The lowest BCUT2D eigenvalue weighted by Crippen LogP contribution is -2.24. The molecule has 3 heteroatoms. The van der Waals surface area contributed by atoms with Crippen molar-refractivity contribution in [2.45, 2.75) is 26.7 Å². The minimum absolute atomic E-state index is 0.0285. The molecular weight excluding hydrogens is 274 g/mol. The zero-order valence-electron chi connectivity index (χ0n) is 13.3. The first-order chi connectivity index (χ1) is 10.7. The normalized spacial score (nSPS) is 10.3. The third-order valence-electron chi connectivity index (χ3n) is 3.51. The van der Waals surface area contributed by atoms with Gasteiger partial charge in [-0.2, -0.15) is 0 Å². The van der Waals surface area contributed by atoms with Crippen LogP contribution in [0.15, 0.2) is 48.5 Å². The third-order valence-corrected chi connectivity index (χ3v) is 3.51. The topological polar surface area (TPSA) is 38.3 Å². The zero-order valence-corrected chi connectivity index (χ0v) is 13.3. The van der Waals surface area contributed by atoms with Crippen molar-refractivity contribution >= 4 is 5.91 Å². The van der Waals surface area contributed by atoms with Crippen LogP contribution in [0.4, 0.5) is 0 Å². The van der Waals surface area contributed by atoms with Gasteiger partial charge in [0.25, 0.3) is 5.91 Å². The average molecular weight is 297 g/mol. The third kappa shape index (κ3) is 4.62. The maximum Gasteiger partial charge on any atom is 0.251 e. The molecule has 0 aliphatic rings. The van der Waals surface area contributed by atoms with Gasteiger partial charge in [-0.25, -0.2) is 0 Å². The fourth-order valence-electron chi connectivity index (χ4n) is 2.35. The summed E-state index contributed by atoms with van der Waals surface area (Å²) in [6.45, 7) is 5.22. The number of nitrogens with one attached hydrogen (secondary N) is 1. The van der Waals surface area contributed by atoms with Gasteiger partial charge in [0.1, 0.15) is 5.75 Å². The molecule has 1 amide bonds. The molecule has 0 aliphatic carbocycles. The van der Waals surface area contributed by atoms with Crippen LogP contribution in [0.2, 0.25) is 0 Å². The highest BCUT2D eigenvalue weighted by Gasteiger charge is 2.07. The minimum atomic E-state index is -0.0285. The molecule has 2 aromatic rings. The van der Waals surface area contributed by atoms with Crippen molar-refractivity contribution in [1.82, 2.24) is 5.32 Å². The number of hydrogen-bond donors (Lipinski definition) is 1. The van der Waals surface area contributed by atoms with E-state index in [2.05, 4.69) is 17.4 Å². The molecule has 0 bridgehead atoms. The number of aryl methyl sites for hydroxylation is 2. The Morgan fingerprint density at radius 3 is 2.59 bits per heavy atom. The predicted octanol–water partition coefficient (Wildman–Crippen LogP) is 3.76. The predicted molar refractivity (Wildman–Crippen MR) is 89.4 cm³/mol. The number of amides is 1. The lowest BCUT2D eigenvalue weighted by Gasteiger charge is -2.09. The van der Waals surface area contributed by atoms with Crippen LogP contribution in [0, 0.1) is 6.92 Å². The minimum Gasteiger partial charge on any atom is -0.494 e. The molecular formula is C19H23NO2. The summed E-state index contributed by atoms with van der Waals surface area (Å²) in [4.78, 5) is 12.1. The Hall–Kier alpha value is -2.29. The zero-order chi connectivity index (χ0) is 15.8. The van der Waals surface area contributed by atoms with Gasteiger partial charge in [0.2, 0.25) is 0 Å². The number of hydrogen-bond acceptors (Lipinski definition) is 2. The van der Waals surface area contributed by atoms with Gasteiger partial charge in [-0.3, -0.25) is 4.79 Å². The highest BCUT2D eigenvalue weighted by Crippen LogP contribution is 2.19. The summed E-state index contributed by atoms with van der Waals surface area (Å²) < 4.78 is 5.49. The Morgan fingerprint density at radius 1 is 1.14 bits per heavy atom. The SMILES string of the molecule is CCOc1ccc(C(=O)NCCCc2ccccc2)cc1C. The maximum atomic E-state index is 12.1. The van der Waals surface area contributed by atoms with Crippen molar-refractivity contribution < 1.29 is 9.53 Å². The van der Waals surface area contributed by atoms with E-state index in [1.807, 2.05) is 50.2 Å². The first kappa shape index (κ1) is 16.1. The van der Waals surface area contributed by atoms with Crippen molar-refractivity contribution in [3.05, 3.63) is 65.2 Å². The van der Waals surface area contributed by atoms with Gasteiger partial charge in [0, 0.05) is 12.1 Å². The summed E-state index contributed by atoms with van der Waals surface area (Å²) in [6, 6.07) is 15.8. The molecule has 116 valence electrons. The first-order valence-electron chi connectivity index (χ1n) is 7.76. The van der Waals surface area contributed by atoms with Crippen molar-refractivity contribution in [3.63, 3.8) is 0 Å². The molecule has 0 aliphatic heterocycles. The summed E-state index contributed by atoms with van der Waals surface area (Å²) >= 11 is 0. The van der Waals surface area contributed by atoms with Crippen LogP contribution in [0.5, 0.6) is 5.75 Å². The fraction of sp³-hybridized carbons (Fsp3) is 0.316. The van der Waals surface area contributed by atoms with E-state index in [4.69, 9.17) is 4.74 Å². The smallest absolute Gasteiger partial charge is 0.251 e. The second-order valence-corrected chi connectivity index (χ2v) is 5.26. The van der Waals surface area contributed by atoms with Gasteiger partial charge in [-0.05, 0) is 56.0 Å². The summed E-state index contributed by atoms with van der Waals surface area (Å²) in [5, 5.41) is 2.97. The van der Waals surface area contributed by atoms with E-state index in [1.165, 1.54) is 5.56 Å². The average Bonchev–Trinajstić information content (AvgIpc) is 2.54. The number of carbonyl (C=O) groups is 1. The number of carbonyl (C=O) groups excluding carboxylic acids is 1. The number of ether oxygens (including phenoxy) is 1. The molecule has 0 unspecified atom stereocenters. The second-order valence-electron chi connectivity index (χ2n) is 5.26. The molecule has 1 N–H and O–H groups in total. The van der Waals surface area contributed by atoms with Crippen molar-refractivity contribution in [1.29, 1.82) is 0 Å². The quantitative estimate of drug-likeness (QED) is 0.790. The van der Waals surface area contributed by atoms with E-state index in [-0.39, 0.29) is 5.91 Å². The van der Waals surface area contributed by atoms with Crippen LogP contribution in [-0.4, -0.2) is 19.1 Å². The highest BCUT2D eigenvalue weighted by molar-refractivity contribution is 5.94. The van der Waals surface area contributed by atoms with Crippen molar-refractivity contribution in [2.75, 3.05) is 13.2 Å². The summed E-state index contributed by atoms with van der Waals surface area (Å²) in [5.41, 5.74) is 2.97. The molecule has 0 aromatic heterocycles. The highest BCUT2D eigenvalue weighted by atomic mass is 16.5. The van der Waals surface area contributed by atoms with Gasteiger partial charge in [0.05, 0.1) is 6.61 Å². The van der Waals surface area contributed by atoms with Crippen LogP contribution in [-0.2, 0) is 6.42 Å². The molecule has 0 radical (unpaired) electrons. The monoisotopic (exact) mass is 297 g/mol. The van der Waals surface area contributed by atoms with Gasteiger partial charge in [0.15, 0.2) is 0 Å². The lowest BCUT2D eigenvalue weighted by atomic mass is 10.1. The van der Waals surface area contributed by atoms with E-state index in [0.717, 1.165) is 24.2 Å². The van der Waals surface area contributed by atoms with Crippen LogP contribution in [0.3, 0.4) is 0 Å². The molecule has 0 heterocycles. The van der Waals surface area contributed by atoms with Crippen LogP contribution < -0.4 is 10.1 Å². The Balaban J connectivity index is 1.81. The van der Waals surface area contributed by atoms with Gasteiger partial charge in [-0.1, -0.05) is 30.3 Å². The summed E-state index contributed by atoms with van der Waals surface area (Å²) in [5.74, 6) is 0.808. The summed E-state index contributed by atoms with van der Waals surface area (Å²) in [7, 11) is 0.